The molecule has 1 aromatic heterocycles. The highest BCUT2D eigenvalue weighted by Gasteiger charge is 2.26. The molecule has 0 aliphatic carbocycles. The Bertz CT molecular complexity index is 1170. The molecule has 1 unspecified atom stereocenters. The summed E-state index contributed by atoms with van der Waals surface area (Å²) >= 11 is 1.12. The Morgan fingerprint density at radius 3 is 2.83 bits per heavy atom. The average molecular weight is 413 g/mol. The minimum absolute atomic E-state index is 0.0799. The summed E-state index contributed by atoms with van der Waals surface area (Å²) in [5.74, 6) is -1.36. The number of ether oxygens (including phenoxy) is 2. The molecular formula is C21H16FNO5S. The molecule has 148 valence electrons. The van der Waals surface area contributed by atoms with Gasteiger partial charge in [0.25, 0.3) is 5.91 Å². The highest BCUT2D eigenvalue weighted by Crippen LogP contribution is 2.33. The van der Waals surface area contributed by atoms with E-state index in [-0.39, 0.29) is 23.0 Å². The van der Waals surface area contributed by atoms with Crippen molar-refractivity contribution in [3.63, 3.8) is 0 Å². The highest BCUT2D eigenvalue weighted by molar-refractivity contribution is 7.21. The lowest BCUT2D eigenvalue weighted by Crippen LogP contribution is -2.27. The third kappa shape index (κ3) is 3.47. The third-order valence-electron chi connectivity index (χ3n) is 4.64. The van der Waals surface area contributed by atoms with Gasteiger partial charge in [0.05, 0.1) is 5.69 Å². The van der Waals surface area contributed by atoms with Crippen molar-refractivity contribution in [1.29, 1.82) is 0 Å². The van der Waals surface area contributed by atoms with Crippen molar-refractivity contribution in [2.45, 2.75) is 20.0 Å². The smallest absolute Gasteiger partial charge is 0.349 e. The molecule has 0 saturated carbocycles. The summed E-state index contributed by atoms with van der Waals surface area (Å²) in [6.45, 7) is 3.04. The second-order valence-electron chi connectivity index (χ2n) is 6.63. The fraction of sp³-hybridized carbons (Fsp3) is 0.190. The molecule has 0 spiro atoms. The predicted molar refractivity (Wildman–Crippen MR) is 106 cm³/mol. The molecule has 1 amide bonds. The van der Waals surface area contributed by atoms with Gasteiger partial charge in [-0.15, -0.1) is 11.3 Å². The van der Waals surface area contributed by atoms with Crippen molar-refractivity contribution in [3.05, 3.63) is 58.2 Å². The number of hydrogen-bond donors (Lipinski definition) is 1. The van der Waals surface area contributed by atoms with Crippen molar-refractivity contribution in [1.82, 2.24) is 0 Å². The van der Waals surface area contributed by atoms with E-state index in [0.717, 1.165) is 11.3 Å². The number of benzene rings is 2. The second kappa shape index (κ2) is 7.29. The number of nitrogens with one attached hydrogen (secondary N) is 1. The molecule has 3 aromatic rings. The predicted octanol–water partition coefficient (Wildman–Crippen LogP) is 4.11. The second-order valence-corrected chi connectivity index (χ2v) is 7.68. The molecule has 1 N–H and O–H groups in total. The van der Waals surface area contributed by atoms with E-state index in [9.17, 15) is 18.8 Å². The van der Waals surface area contributed by atoms with Crippen LogP contribution in [0.5, 0.6) is 5.75 Å². The summed E-state index contributed by atoms with van der Waals surface area (Å²) < 4.78 is 25.3. The Labute approximate surface area is 169 Å². The molecule has 0 saturated heterocycles. The molecule has 2 heterocycles. The first-order valence-electron chi connectivity index (χ1n) is 8.84. The Kier molecular flexibility index (Phi) is 4.79. The fourth-order valence-corrected chi connectivity index (χ4v) is 4.29. The van der Waals surface area contributed by atoms with Crippen molar-refractivity contribution >= 4 is 44.8 Å². The van der Waals surface area contributed by atoms with Crippen molar-refractivity contribution < 1.29 is 28.2 Å². The van der Waals surface area contributed by atoms with Gasteiger partial charge in [0.15, 0.2) is 12.7 Å². The van der Waals surface area contributed by atoms with E-state index in [1.807, 2.05) is 0 Å². The minimum atomic E-state index is -1.06. The van der Waals surface area contributed by atoms with Gasteiger partial charge in [-0.1, -0.05) is 6.07 Å². The molecule has 8 heteroatoms. The number of ketones is 1. The zero-order valence-electron chi connectivity index (χ0n) is 15.6. The Balaban J connectivity index is 1.54. The highest BCUT2D eigenvalue weighted by atomic mass is 32.1. The molecule has 0 bridgehead atoms. The van der Waals surface area contributed by atoms with E-state index in [2.05, 4.69) is 5.32 Å². The standard InChI is InChI=1S/C21H16FNO5S/c1-10-18-13(22)4-3-5-16(18)29-20(10)21(26)28-11(2)19(25)12-6-7-15-14(8-12)23-17(24)9-27-15/h3-8,11H,9H2,1-2H3,(H,23,24). The number of rotatable bonds is 4. The van der Waals surface area contributed by atoms with Gasteiger partial charge in [0, 0.05) is 15.6 Å². The monoisotopic (exact) mass is 413 g/mol. The van der Waals surface area contributed by atoms with Gasteiger partial charge < -0.3 is 14.8 Å². The number of hydrogen-bond acceptors (Lipinski definition) is 6. The number of amides is 1. The van der Waals surface area contributed by atoms with Crippen LogP contribution in [0.2, 0.25) is 0 Å². The lowest BCUT2D eigenvalue weighted by molar-refractivity contribution is -0.118. The molecule has 1 atom stereocenters. The molecule has 0 fully saturated rings. The summed E-state index contributed by atoms with van der Waals surface area (Å²) in [5, 5.41) is 3.01. The normalized spacial score (nSPS) is 14.0. The molecular weight excluding hydrogens is 397 g/mol. The van der Waals surface area contributed by atoms with E-state index < -0.39 is 23.7 Å². The van der Waals surface area contributed by atoms with Crippen molar-refractivity contribution in [2.75, 3.05) is 11.9 Å². The zero-order chi connectivity index (χ0) is 20.7. The number of carbonyl (C=O) groups is 3. The molecule has 29 heavy (non-hydrogen) atoms. The van der Waals surface area contributed by atoms with Gasteiger partial charge in [-0.3, -0.25) is 9.59 Å². The van der Waals surface area contributed by atoms with Crippen LogP contribution in [-0.4, -0.2) is 30.4 Å². The molecule has 1 aliphatic rings. The Hall–Kier alpha value is -3.26. The van der Waals surface area contributed by atoms with Crippen LogP contribution in [0.3, 0.4) is 0 Å². The van der Waals surface area contributed by atoms with E-state index >= 15 is 0 Å². The maximum Gasteiger partial charge on any atom is 0.349 e. The first-order valence-corrected chi connectivity index (χ1v) is 9.66. The minimum Gasteiger partial charge on any atom is -0.482 e. The van der Waals surface area contributed by atoms with E-state index in [1.54, 1.807) is 31.2 Å². The van der Waals surface area contributed by atoms with Gasteiger partial charge in [0.2, 0.25) is 5.78 Å². The SMILES string of the molecule is Cc1c(C(=O)OC(C)C(=O)c2ccc3c(c2)NC(=O)CO3)sc2cccc(F)c12. The summed E-state index contributed by atoms with van der Waals surface area (Å²) in [5.41, 5.74) is 1.15. The topological polar surface area (TPSA) is 81.7 Å². The van der Waals surface area contributed by atoms with Gasteiger partial charge >= 0.3 is 5.97 Å². The van der Waals surface area contributed by atoms with Gasteiger partial charge in [-0.2, -0.15) is 0 Å². The van der Waals surface area contributed by atoms with Gasteiger partial charge in [-0.05, 0) is 49.7 Å². The van der Waals surface area contributed by atoms with Crippen LogP contribution in [0, 0.1) is 12.7 Å². The molecule has 0 radical (unpaired) electrons. The number of esters is 1. The van der Waals surface area contributed by atoms with Crippen LogP contribution in [0.4, 0.5) is 10.1 Å². The number of thiophene rings is 1. The quantitative estimate of drug-likeness (QED) is 0.514. The van der Waals surface area contributed by atoms with Crippen LogP contribution < -0.4 is 10.1 Å². The maximum atomic E-state index is 14.1. The molecule has 1 aliphatic heterocycles. The van der Waals surface area contributed by atoms with E-state index in [0.29, 0.717) is 27.1 Å². The number of carbonyl (C=O) groups excluding carboxylic acids is 3. The average Bonchev–Trinajstić information content (AvgIpc) is 3.04. The first kappa shape index (κ1) is 19.1. The fourth-order valence-electron chi connectivity index (χ4n) is 3.19. The van der Waals surface area contributed by atoms with Crippen LogP contribution in [-0.2, 0) is 9.53 Å². The summed E-state index contributed by atoms with van der Waals surface area (Å²) in [6.07, 6.45) is -1.06. The molecule has 2 aromatic carbocycles. The van der Waals surface area contributed by atoms with Crippen LogP contribution in [0.1, 0.15) is 32.5 Å². The number of Topliss-reactive ketones (excluding diaryl/α,β-unsaturated/α-hetero) is 1. The van der Waals surface area contributed by atoms with Crippen molar-refractivity contribution in [3.8, 4) is 5.75 Å². The largest absolute Gasteiger partial charge is 0.482 e. The van der Waals surface area contributed by atoms with Gasteiger partial charge in [0.1, 0.15) is 16.4 Å². The van der Waals surface area contributed by atoms with Gasteiger partial charge in [-0.25, -0.2) is 9.18 Å². The Morgan fingerprint density at radius 2 is 2.07 bits per heavy atom. The van der Waals surface area contributed by atoms with E-state index in [4.69, 9.17) is 9.47 Å². The number of aryl methyl sites for hydroxylation is 1. The number of fused-ring (bicyclic) bond motifs is 2. The Morgan fingerprint density at radius 1 is 1.28 bits per heavy atom. The zero-order valence-corrected chi connectivity index (χ0v) is 16.4. The maximum absolute atomic E-state index is 14.1. The number of halogens is 1. The van der Waals surface area contributed by atoms with E-state index in [1.165, 1.54) is 19.1 Å². The molecule has 6 nitrogen and oxygen atoms in total. The van der Waals surface area contributed by atoms with Crippen molar-refractivity contribution in [2.24, 2.45) is 0 Å². The summed E-state index contributed by atoms with van der Waals surface area (Å²) in [7, 11) is 0. The lowest BCUT2D eigenvalue weighted by atomic mass is 10.1. The molecule has 4 rings (SSSR count). The van der Waals surface area contributed by atoms with Crippen LogP contribution in [0.25, 0.3) is 10.1 Å². The first-order chi connectivity index (χ1) is 13.8. The lowest BCUT2D eigenvalue weighted by Gasteiger charge is -2.19. The van der Waals surface area contributed by atoms with Crippen LogP contribution >= 0.6 is 11.3 Å². The summed E-state index contributed by atoms with van der Waals surface area (Å²) in [4.78, 5) is 37.0. The third-order valence-corrected chi connectivity index (χ3v) is 5.88. The summed E-state index contributed by atoms with van der Waals surface area (Å²) in [6, 6.07) is 9.25. The van der Waals surface area contributed by atoms with Crippen LogP contribution in [0.15, 0.2) is 36.4 Å². The number of anilines is 1.